The number of ether oxygens (including phenoxy) is 1. The molecule has 1 spiro atoms. The van der Waals surface area contributed by atoms with Gasteiger partial charge in [0.1, 0.15) is 23.6 Å². The fraction of sp³-hybridized carbons (Fsp3) is 0.750. The van der Waals surface area contributed by atoms with Crippen molar-refractivity contribution in [3.05, 3.63) is 23.3 Å². The summed E-state index contributed by atoms with van der Waals surface area (Å²) in [6.07, 6.45) is 2.43. The van der Waals surface area contributed by atoms with E-state index >= 15 is 0 Å². The normalized spacial score (nSPS) is 46.9. The van der Waals surface area contributed by atoms with E-state index in [2.05, 4.69) is 13.8 Å². The summed E-state index contributed by atoms with van der Waals surface area (Å²) < 4.78 is 5.74. The molecule has 30 heavy (non-hydrogen) atoms. The Morgan fingerprint density at radius 1 is 1.37 bits per heavy atom. The van der Waals surface area contributed by atoms with Crippen molar-refractivity contribution in [3.8, 4) is 0 Å². The molecule has 0 saturated heterocycles. The van der Waals surface area contributed by atoms with E-state index in [0.29, 0.717) is 24.3 Å². The van der Waals surface area contributed by atoms with Crippen molar-refractivity contribution in [2.24, 2.45) is 34.5 Å². The zero-order valence-corrected chi connectivity index (χ0v) is 18.5. The van der Waals surface area contributed by atoms with Gasteiger partial charge in [-0.25, -0.2) is 4.79 Å². The summed E-state index contributed by atoms with van der Waals surface area (Å²) in [7, 11) is 0. The van der Waals surface area contributed by atoms with E-state index in [1.54, 1.807) is 26.0 Å². The van der Waals surface area contributed by atoms with E-state index in [1.165, 1.54) is 0 Å². The highest BCUT2D eigenvalue weighted by Gasteiger charge is 2.76. The summed E-state index contributed by atoms with van der Waals surface area (Å²) in [4.78, 5) is 26.6. The molecule has 4 rings (SSSR count). The Morgan fingerprint density at radius 3 is 2.63 bits per heavy atom. The molecular weight excluding hydrogens is 384 g/mol. The van der Waals surface area contributed by atoms with Gasteiger partial charge in [-0.3, -0.25) is 4.79 Å². The number of hydrogen-bond acceptors (Lipinski definition) is 6. The lowest BCUT2D eigenvalue weighted by Crippen LogP contribution is -2.63. The second kappa shape index (κ2) is 6.75. The Hall–Kier alpha value is -1.50. The molecule has 0 aliphatic heterocycles. The molecule has 8 unspecified atom stereocenters. The zero-order chi connectivity index (χ0) is 22.2. The van der Waals surface area contributed by atoms with E-state index in [9.17, 15) is 24.9 Å². The van der Waals surface area contributed by atoms with Crippen LogP contribution < -0.4 is 0 Å². The van der Waals surface area contributed by atoms with Gasteiger partial charge >= 0.3 is 5.97 Å². The fourth-order valence-corrected chi connectivity index (χ4v) is 7.06. The molecule has 0 amide bonds. The lowest BCUT2D eigenvalue weighted by Gasteiger charge is -2.46. The van der Waals surface area contributed by atoms with Crippen LogP contribution in [-0.4, -0.2) is 51.5 Å². The number of hydrogen-bond donors (Lipinski definition) is 3. The molecule has 4 aliphatic rings. The van der Waals surface area contributed by atoms with Crippen molar-refractivity contribution < 1.29 is 29.6 Å². The van der Waals surface area contributed by atoms with Crippen LogP contribution in [0.2, 0.25) is 0 Å². The van der Waals surface area contributed by atoms with Crippen molar-refractivity contribution in [1.82, 2.24) is 0 Å². The summed E-state index contributed by atoms with van der Waals surface area (Å²) in [6, 6.07) is 0. The average molecular weight is 419 g/mol. The number of aliphatic hydroxyl groups is 3. The predicted molar refractivity (Wildman–Crippen MR) is 110 cm³/mol. The molecule has 166 valence electrons. The average Bonchev–Trinajstić information content (AvgIpc) is 3.23. The maximum absolute atomic E-state index is 14.0. The van der Waals surface area contributed by atoms with E-state index in [1.807, 2.05) is 6.92 Å². The van der Waals surface area contributed by atoms with E-state index < -0.39 is 41.7 Å². The molecule has 4 aliphatic carbocycles. The largest absolute Gasteiger partial charge is 0.456 e. The fourth-order valence-electron chi connectivity index (χ4n) is 7.06. The van der Waals surface area contributed by atoms with Gasteiger partial charge in [0.05, 0.1) is 12.0 Å². The smallest absolute Gasteiger partial charge is 0.333 e. The van der Waals surface area contributed by atoms with Crippen LogP contribution in [0.25, 0.3) is 0 Å². The summed E-state index contributed by atoms with van der Waals surface area (Å²) in [5.74, 6) is -0.877. The highest BCUT2D eigenvalue weighted by atomic mass is 16.6. The molecule has 3 saturated carbocycles. The van der Waals surface area contributed by atoms with Crippen LogP contribution in [0.5, 0.6) is 0 Å². The Labute approximate surface area is 178 Å². The minimum absolute atomic E-state index is 0.0194. The first-order valence-electron chi connectivity index (χ1n) is 11.1. The molecule has 0 aromatic rings. The maximum Gasteiger partial charge on any atom is 0.333 e. The Bertz CT molecular complexity index is 841. The van der Waals surface area contributed by atoms with Gasteiger partial charge in [0, 0.05) is 11.5 Å². The first-order chi connectivity index (χ1) is 14.0. The van der Waals surface area contributed by atoms with E-state index in [0.717, 1.165) is 6.42 Å². The standard InChI is InChI=1S/C24H34O6/c1-6-12(2)21(28)30-20-13(3)10-23-8-7-16-17(22(16,4)5)15(19(23)27)9-14(11-25)18(26)24(20,23)29/h6,9,13,15-18,20,25-26,29H,7-8,10-11H2,1-5H3/b12-6-. The van der Waals surface area contributed by atoms with Crippen molar-refractivity contribution in [1.29, 1.82) is 0 Å². The van der Waals surface area contributed by atoms with Crippen LogP contribution >= 0.6 is 0 Å². The topological polar surface area (TPSA) is 104 Å². The summed E-state index contributed by atoms with van der Waals surface area (Å²) in [5.41, 5.74) is -2.48. The minimum Gasteiger partial charge on any atom is -0.456 e. The highest BCUT2D eigenvalue weighted by molar-refractivity contribution is 5.93. The first kappa shape index (κ1) is 21.7. The number of rotatable bonds is 3. The number of allylic oxidation sites excluding steroid dienone is 2. The molecule has 0 aromatic heterocycles. The second-order valence-electron chi connectivity index (χ2n) is 10.6. The number of Topliss-reactive ketones (excluding diaryl/α,β-unsaturated/α-hetero) is 1. The van der Waals surface area contributed by atoms with Crippen LogP contribution in [0.1, 0.15) is 53.9 Å². The van der Waals surface area contributed by atoms with Crippen LogP contribution in [-0.2, 0) is 14.3 Å². The maximum atomic E-state index is 14.0. The number of fused-ring (bicyclic) bond motifs is 3. The lowest BCUT2D eigenvalue weighted by molar-refractivity contribution is -0.201. The summed E-state index contributed by atoms with van der Waals surface area (Å²) in [5, 5.41) is 33.4. The van der Waals surface area contributed by atoms with Crippen LogP contribution in [0.15, 0.2) is 23.3 Å². The molecule has 3 fully saturated rings. The Morgan fingerprint density at radius 2 is 2.03 bits per heavy atom. The van der Waals surface area contributed by atoms with Gasteiger partial charge in [-0.05, 0) is 61.9 Å². The molecule has 3 N–H and O–H groups in total. The highest BCUT2D eigenvalue weighted by Crippen LogP contribution is 2.71. The SMILES string of the molecule is C/C=C(/C)C(=O)OC1C(C)CC23CCC4C(C(C=C(CO)C(O)C12O)C3=O)C4(C)C. The third kappa shape index (κ3) is 2.53. The molecule has 2 bridgehead atoms. The molecular formula is C24H34O6. The lowest BCUT2D eigenvalue weighted by atomic mass is 9.63. The Kier molecular flexibility index (Phi) is 4.89. The van der Waals surface area contributed by atoms with E-state index in [4.69, 9.17) is 4.74 Å². The quantitative estimate of drug-likeness (QED) is 0.369. The van der Waals surface area contributed by atoms with Gasteiger partial charge in [-0.15, -0.1) is 0 Å². The van der Waals surface area contributed by atoms with E-state index in [-0.39, 0.29) is 28.6 Å². The Balaban J connectivity index is 1.84. The monoisotopic (exact) mass is 418 g/mol. The number of carbonyl (C=O) groups is 2. The molecule has 6 heteroatoms. The molecule has 0 heterocycles. The third-order valence-electron chi connectivity index (χ3n) is 8.90. The van der Waals surface area contributed by atoms with Crippen molar-refractivity contribution in [3.63, 3.8) is 0 Å². The van der Waals surface area contributed by atoms with Crippen LogP contribution in [0.4, 0.5) is 0 Å². The second-order valence-corrected chi connectivity index (χ2v) is 10.6. The molecule has 0 aromatic carbocycles. The van der Waals surface area contributed by atoms with Gasteiger partial charge in [-0.1, -0.05) is 32.9 Å². The van der Waals surface area contributed by atoms with Crippen molar-refractivity contribution in [2.45, 2.75) is 71.7 Å². The van der Waals surface area contributed by atoms with Gasteiger partial charge in [-0.2, -0.15) is 0 Å². The number of carbonyl (C=O) groups excluding carboxylic acids is 2. The van der Waals surface area contributed by atoms with Gasteiger partial charge in [0.25, 0.3) is 0 Å². The van der Waals surface area contributed by atoms with Gasteiger partial charge in [0.15, 0.2) is 0 Å². The number of esters is 1. The molecule has 8 atom stereocenters. The summed E-state index contributed by atoms with van der Waals surface area (Å²) in [6.45, 7) is 9.09. The summed E-state index contributed by atoms with van der Waals surface area (Å²) >= 11 is 0. The van der Waals surface area contributed by atoms with Crippen molar-refractivity contribution in [2.75, 3.05) is 6.61 Å². The molecule has 0 radical (unpaired) electrons. The predicted octanol–water partition coefficient (Wildman–Crippen LogP) is 2.17. The van der Waals surface area contributed by atoms with Gasteiger partial charge < -0.3 is 20.1 Å². The molecule has 6 nitrogen and oxygen atoms in total. The van der Waals surface area contributed by atoms with Crippen LogP contribution in [0, 0.1) is 34.5 Å². The third-order valence-corrected chi connectivity index (χ3v) is 8.90. The zero-order valence-electron chi connectivity index (χ0n) is 18.5. The number of aliphatic hydroxyl groups excluding tert-OH is 2. The minimum atomic E-state index is -1.96. The van der Waals surface area contributed by atoms with Gasteiger partial charge in [0.2, 0.25) is 0 Å². The van der Waals surface area contributed by atoms with Crippen LogP contribution in [0.3, 0.4) is 0 Å². The van der Waals surface area contributed by atoms with Crippen molar-refractivity contribution >= 4 is 11.8 Å². The number of ketones is 1. The first-order valence-corrected chi connectivity index (χ1v) is 11.1.